The molecule has 1 amide bonds. The van der Waals surface area contributed by atoms with E-state index in [-0.39, 0.29) is 11.4 Å². The van der Waals surface area contributed by atoms with Crippen molar-refractivity contribution in [3.63, 3.8) is 0 Å². The Labute approximate surface area is 144 Å². The van der Waals surface area contributed by atoms with Crippen molar-refractivity contribution in [1.29, 1.82) is 0 Å². The Morgan fingerprint density at radius 2 is 1.91 bits per heavy atom. The summed E-state index contributed by atoms with van der Waals surface area (Å²) in [6, 6.07) is 0. The topological polar surface area (TPSA) is 44.8 Å². The third-order valence-corrected chi connectivity index (χ3v) is 5.46. The third-order valence-electron chi connectivity index (χ3n) is 3.93. The van der Waals surface area contributed by atoms with Crippen molar-refractivity contribution in [3.8, 4) is 0 Å². The highest BCUT2D eigenvalue weighted by Gasteiger charge is 2.28. The van der Waals surface area contributed by atoms with Crippen LogP contribution in [-0.4, -0.2) is 77.3 Å². The monoisotopic (exact) mass is 347 g/mol. The Kier molecular flexibility index (Phi) is 8.67. The molecule has 22 heavy (non-hydrogen) atoms. The van der Waals surface area contributed by atoms with Crippen molar-refractivity contribution >= 4 is 34.2 Å². The largest absolute Gasteiger partial charge is 0.379 e. The maximum atomic E-state index is 12.0. The summed E-state index contributed by atoms with van der Waals surface area (Å²) in [6.45, 7) is 14.2. The lowest BCUT2D eigenvalue weighted by atomic mass is 10.0. The number of carbonyl (C=O) groups is 1. The highest BCUT2D eigenvalue weighted by Crippen LogP contribution is 2.15. The minimum atomic E-state index is -0.0521. The Bertz CT molecular complexity index is 368. The molecule has 1 aliphatic heterocycles. The number of thioether (sulfide) groups is 1. The van der Waals surface area contributed by atoms with E-state index in [1.165, 1.54) is 11.8 Å². The smallest absolute Gasteiger partial charge is 0.230 e. The van der Waals surface area contributed by atoms with Crippen molar-refractivity contribution in [1.82, 2.24) is 15.1 Å². The van der Waals surface area contributed by atoms with Gasteiger partial charge in [0.1, 0.15) is 4.32 Å². The molecule has 0 aliphatic carbocycles. The number of amides is 1. The minimum Gasteiger partial charge on any atom is -0.379 e. The fourth-order valence-electron chi connectivity index (χ4n) is 2.35. The van der Waals surface area contributed by atoms with Crippen LogP contribution in [0.25, 0.3) is 0 Å². The first-order chi connectivity index (χ1) is 10.4. The van der Waals surface area contributed by atoms with Gasteiger partial charge in [0.05, 0.1) is 19.0 Å². The predicted molar refractivity (Wildman–Crippen MR) is 97.5 cm³/mol. The molecular weight excluding hydrogens is 318 g/mol. The maximum absolute atomic E-state index is 12.0. The summed E-state index contributed by atoms with van der Waals surface area (Å²) < 4.78 is 6.18. The molecule has 1 N–H and O–H groups in total. The number of nitrogens with one attached hydrogen (secondary N) is 1. The van der Waals surface area contributed by atoms with Crippen LogP contribution in [0.1, 0.15) is 27.7 Å². The molecule has 1 saturated heterocycles. The van der Waals surface area contributed by atoms with Gasteiger partial charge in [0.25, 0.3) is 0 Å². The fourth-order valence-corrected chi connectivity index (χ4v) is 3.58. The first kappa shape index (κ1) is 19.7. The summed E-state index contributed by atoms with van der Waals surface area (Å²) in [5, 5.41) is 3.03. The molecule has 1 heterocycles. The van der Waals surface area contributed by atoms with Crippen LogP contribution >= 0.6 is 24.0 Å². The van der Waals surface area contributed by atoms with Gasteiger partial charge in [0.15, 0.2) is 0 Å². The van der Waals surface area contributed by atoms with E-state index in [9.17, 15) is 4.79 Å². The molecular formula is C15H29N3O2S2. The van der Waals surface area contributed by atoms with Crippen LogP contribution in [0.3, 0.4) is 0 Å². The Morgan fingerprint density at radius 3 is 2.45 bits per heavy atom. The molecule has 1 aliphatic rings. The molecule has 0 radical (unpaired) electrons. The van der Waals surface area contributed by atoms with Crippen LogP contribution in [0.5, 0.6) is 0 Å². The summed E-state index contributed by atoms with van der Waals surface area (Å²) >= 11 is 6.78. The van der Waals surface area contributed by atoms with Gasteiger partial charge in [-0.1, -0.05) is 24.0 Å². The van der Waals surface area contributed by atoms with Crippen molar-refractivity contribution in [2.45, 2.75) is 33.2 Å². The third kappa shape index (κ3) is 6.40. The average Bonchev–Trinajstić information content (AvgIpc) is 2.53. The first-order valence-corrected chi connectivity index (χ1v) is 9.31. The average molecular weight is 348 g/mol. The van der Waals surface area contributed by atoms with Crippen LogP contribution in [-0.2, 0) is 9.53 Å². The molecule has 0 saturated carbocycles. The molecule has 0 atom stereocenters. The molecule has 0 bridgehead atoms. The number of ether oxygens (including phenoxy) is 1. The molecule has 7 heteroatoms. The predicted octanol–water partition coefficient (Wildman–Crippen LogP) is 1.57. The summed E-state index contributed by atoms with van der Waals surface area (Å²) in [7, 11) is 0. The standard InChI is InChI=1S/C15H29N3O2S2/c1-5-17(6-2)14(21)22-11-13(19)16-12-15(3,4)18-7-9-20-10-8-18/h5-12H2,1-4H3,(H,16,19). The van der Waals surface area contributed by atoms with E-state index >= 15 is 0 Å². The molecule has 5 nitrogen and oxygen atoms in total. The second kappa shape index (κ2) is 9.70. The molecule has 0 aromatic rings. The van der Waals surface area contributed by atoms with Crippen LogP contribution in [0.2, 0.25) is 0 Å². The second-order valence-corrected chi connectivity index (χ2v) is 7.52. The van der Waals surface area contributed by atoms with Gasteiger partial charge in [-0.25, -0.2) is 0 Å². The molecule has 1 rings (SSSR count). The fraction of sp³-hybridized carbons (Fsp3) is 0.867. The number of morpholine rings is 1. The maximum Gasteiger partial charge on any atom is 0.230 e. The SMILES string of the molecule is CCN(CC)C(=S)SCC(=O)NCC(C)(C)N1CCOCC1. The van der Waals surface area contributed by atoms with E-state index in [1.54, 1.807) is 0 Å². The molecule has 0 aromatic carbocycles. The lowest BCUT2D eigenvalue weighted by Crippen LogP contribution is -2.55. The van der Waals surface area contributed by atoms with Gasteiger partial charge in [-0.15, -0.1) is 0 Å². The van der Waals surface area contributed by atoms with E-state index in [0.29, 0.717) is 12.3 Å². The van der Waals surface area contributed by atoms with Crippen LogP contribution < -0.4 is 5.32 Å². The van der Waals surface area contributed by atoms with Crippen molar-refractivity contribution in [2.75, 3.05) is 51.7 Å². The van der Waals surface area contributed by atoms with Gasteiger partial charge in [0.2, 0.25) is 5.91 Å². The lowest BCUT2D eigenvalue weighted by molar-refractivity contribution is -0.119. The molecule has 128 valence electrons. The highest BCUT2D eigenvalue weighted by molar-refractivity contribution is 8.23. The number of carbonyl (C=O) groups excluding carboxylic acids is 1. The summed E-state index contributed by atoms with van der Waals surface area (Å²) in [5.74, 6) is 0.426. The number of rotatable bonds is 7. The first-order valence-electron chi connectivity index (χ1n) is 7.92. The molecule has 1 fully saturated rings. The van der Waals surface area contributed by atoms with Gasteiger partial charge in [-0.3, -0.25) is 9.69 Å². The van der Waals surface area contributed by atoms with Gasteiger partial charge >= 0.3 is 0 Å². The Balaban J connectivity index is 2.31. The van der Waals surface area contributed by atoms with E-state index in [2.05, 4.69) is 42.8 Å². The minimum absolute atomic E-state index is 0.0424. The molecule has 0 spiro atoms. The zero-order valence-electron chi connectivity index (χ0n) is 14.2. The van der Waals surface area contributed by atoms with Gasteiger partial charge in [0, 0.05) is 38.3 Å². The van der Waals surface area contributed by atoms with Gasteiger partial charge in [-0.2, -0.15) is 0 Å². The van der Waals surface area contributed by atoms with Gasteiger partial charge < -0.3 is 15.0 Å². The molecule has 0 unspecified atom stereocenters. The van der Waals surface area contributed by atoms with Crippen molar-refractivity contribution < 1.29 is 9.53 Å². The Morgan fingerprint density at radius 1 is 1.32 bits per heavy atom. The summed E-state index contributed by atoms with van der Waals surface area (Å²) in [6.07, 6.45) is 0. The van der Waals surface area contributed by atoms with E-state index in [1.807, 2.05) is 0 Å². The van der Waals surface area contributed by atoms with Gasteiger partial charge in [-0.05, 0) is 27.7 Å². The normalized spacial score (nSPS) is 16.4. The number of hydrogen-bond acceptors (Lipinski definition) is 5. The second-order valence-electron chi connectivity index (χ2n) is 5.92. The van der Waals surface area contributed by atoms with Crippen LogP contribution in [0.15, 0.2) is 0 Å². The summed E-state index contributed by atoms with van der Waals surface area (Å²) in [5.41, 5.74) is -0.0521. The van der Waals surface area contributed by atoms with Crippen molar-refractivity contribution in [2.24, 2.45) is 0 Å². The summed E-state index contributed by atoms with van der Waals surface area (Å²) in [4.78, 5) is 16.5. The lowest BCUT2D eigenvalue weighted by Gasteiger charge is -2.40. The van der Waals surface area contributed by atoms with E-state index in [0.717, 1.165) is 43.7 Å². The zero-order chi connectivity index (χ0) is 16.6. The quantitative estimate of drug-likeness (QED) is 0.706. The van der Waals surface area contributed by atoms with Crippen molar-refractivity contribution in [3.05, 3.63) is 0 Å². The number of nitrogens with zero attached hydrogens (tertiary/aromatic N) is 2. The van der Waals surface area contributed by atoms with Crippen LogP contribution in [0, 0.1) is 0 Å². The van der Waals surface area contributed by atoms with Crippen LogP contribution in [0.4, 0.5) is 0 Å². The zero-order valence-corrected chi connectivity index (χ0v) is 15.8. The molecule has 0 aromatic heterocycles. The van der Waals surface area contributed by atoms with E-state index < -0.39 is 0 Å². The van der Waals surface area contributed by atoms with E-state index in [4.69, 9.17) is 17.0 Å². The number of hydrogen-bond donors (Lipinski definition) is 1. The Hall–Kier alpha value is -0.370. The number of thiocarbonyl (C=S) groups is 1. The highest BCUT2D eigenvalue weighted by atomic mass is 32.2.